The van der Waals surface area contributed by atoms with Gasteiger partial charge in [0.15, 0.2) is 0 Å². The van der Waals surface area contributed by atoms with Crippen LogP contribution in [0.15, 0.2) is 0 Å². The normalized spacial score (nSPS) is 21.3. The third kappa shape index (κ3) is 36.1. The number of rotatable bonds is 21. The van der Waals surface area contributed by atoms with E-state index < -0.39 is 0 Å². The molecule has 6 rings (SSSR count). The van der Waals surface area contributed by atoms with E-state index in [0.717, 1.165) is 135 Å². The number of ether oxygens (including phenoxy) is 6. The average Bonchev–Trinajstić information content (AvgIpc) is 1.76. The van der Waals surface area contributed by atoms with Crippen LogP contribution in [-0.4, -0.2) is 69.4 Å². The molecule has 0 aromatic carbocycles. The van der Waals surface area contributed by atoms with Crippen LogP contribution in [0.3, 0.4) is 0 Å². The summed E-state index contributed by atoms with van der Waals surface area (Å²) in [5.74, 6) is -0.0472. The minimum absolute atomic E-state index is 0.00579. The van der Waals surface area contributed by atoms with Gasteiger partial charge in [0.1, 0.15) is 33.6 Å². The maximum atomic E-state index is 12.4. The van der Waals surface area contributed by atoms with Gasteiger partial charge in [-0.1, -0.05) is 172 Å². The highest BCUT2D eigenvalue weighted by Crippen LogP contribution is 2.42. The first kappa shape index (κ1) is 96.8. The van der Waals surface area contributed by atoms with Crippen molar-refractivity contribution < 1.29 is 57.2 Å². The zero-order valence-electron chi connectivity index (χ0n) is 71.6. The van der Waals surface area contributed by atoms with Crippen LogP contribution >= 0.6 is 0 Å². The summed E-state index contributed by atoms with van der Waals surface area (Å²) in [7, 11) is 0. The van der Waals surface area contributed by atoms with Crippen molar-refractivity contribution in [1.82, 2.24) is 0 Å². The molecule has 0 spiro atoms. The molecule has 0 aromatic heterocycles. The molecule has 1 atom stereocenters. The van der Waals surface area contributed by atoms with Crippen LogP contribution in [-0.2, 0) is 57.2 Å². The molecule has 102 heavy (non-hydrogen) atoms. The first-order valence-corrected chi connectivity index (χ1v) is 43.1. The highest BCUT2D eigenvalue weighted by Gasteiger charge is 2.43. The lowest BCUT2D eigenvalue weighted by Crippen LogP contribution is -2.39. The van der Waals surface area contributed by atoms with Gasteiger partial charge in [0.2, 0.25) is 0 Å². The Labute approximate surface area is 630 Å². The second-order valence-electron chi connectivity index (χ2n) is 36.7. The van der Waals surface area contributed by atoms with Crippen LogP contribution in [0.2, 0.25) is 0 Å². The monoisotopic (exact) mass is 1440 g/mol. The lowest BCUT2D eigenvalue weighted by Gasteiger charge is -2.35. The van der Waals surface area contributed by atoms with E-state index in [2.05, 4.69) is 55.4 Å². The van der Waals surface area contributed by atoms with Crippen LogP contribution in [0, 0.1) is 33.0 Å². The van der Waals surface area contributed by atoms with Gasteiger partial charge in [-0.05, 0) is 302 Å². The summed E-state index contributed by atoms with van der Waals surface area (Å²) in [6.45, 7) is 46.8. The SMILES string of the molecule is CCC(C)(C)C(=O)OC1(C)CCCC1.CCC(C)(C)C(=O)OC1(C)CCCCCCCCC1.CCC(C)(C)C(=O)OC1(C)CCCCCCCCCCC1.CCC(C)C(=O)OC1(CC)CCCCCC1.CCC1(OC(=O)C(C)(C)CC)CCCC1.CCC1(OC(=O)C(C)(C)CC)CCCCCC1. The van der Waals surface area contributed by atoms with Crippen molar-refractivity contribution >= 4 is 35.8 Å². The fourth-order valence-corrected chi connectivity index (χ4v) is 14.1. The molecule has 0 saturated heterocycles. The number of carbonyl (C=O) groups is 6. The minimum Gasteiger partial charge on any atom is -0.459 e. The van der Waals surface area contributed by atoms with Gasteiger partial charge in [0, 0.05) is 0 Å². The van der Waals surface area contributed by atoms with E-state index in [1.807, 2.05) is 104 Å². The minimum atomic E-state index is -0.354. The molecule has 12 nitrogen and oxygen atoms in total. The third-order valence-corrected chi connectivity index (χ3v) is 25.6. The second kappa shape index (κ2) is 47.6. The smallest absolute Gasteiger partial charge is 0.312 e. The Bertz CT molecular complexity index is 2290. The van der Waals surface area contributed by atoms with Crippen molar-refractivity contribution in [2.24, 2.45) is 33.0 Å². The van der Waals surface area contributed by atoms with Gasteiger partial charge in [-0.25, -0.2) is 0 Å². The highest BCUT2D eigenvalue weighted by molar-refractivity contribution is 5.78. The quantitative estimate of drug-likeness (QED) is 0.0609. The maximum Gasteiger partial charge on any atom is 0.312 e. The van der Waals surface area contributed by atoms with E-state index >= 15 is 0 Å². The van der Waals surface area contributed by atoms with Crippen molar-refractivity contribution in [3.63, 3.8) is 0 Å². The molecular weight excluding hydrogens is 1270 g/mol. The first-order valence-electron chi connectivity index (χ1n) is 43.1. The van der Waals surface area contributed by atoms with Gasteiger partial charge in [-0.2, -0.15) is 0 Å². The average molecular weight is 1440 g/mol. The van der Waals surface area contributed by atoms with Crippen molar-refractivity contribution in [2.45, 2.75) is 507 Å². The van der Waals surface area contributed by atoms with Crippen LogP contribution in [0.4, 0.5) is 0 Å². The van der Waals surface area contributed by atoms with E-state index in [9.17, 15) is 28.8 Å². The molecule has 0 heterocycles. The molecular formula is C90H168O12. The predicted molar refractivity (Wildman–Crippen MR) is 425 cm³/mol. The summed E-state index contributed by atoms with van der Waals surface area (Å²) in [5, 5.41) is 0. The Morgan fingerprint density at radius 3 is 0.598 bits per heavy atom. The molecule has 0 aromatic rings. The molecule has 0 aliphatic heterocycles. The number of carbonyl (C=O) groups excluding carboxylic acids is 6. The highest BCUT2D eigenvalue weighted by atomic mass is 16.6. The summed E-state index contributed by atoms with van der Waals surface area (Å²) >= 11 is 0. The van der Waals surface area contributed by atoms with E-state index in [1.165, 1.54) is 180 Å². The molecule has 0 amide bonds. The van der Waals surface area contributed by atoms with Crippen molar-refractivity contribution in [3.8, 4) is 0 Å². The Morgan fingerprint density at radius 1 is 0.255 bits per heavy atom. The second-order valence-corrected chi connectivity index (χ2v) is 36.7. The summed E-state index contributed by atoms with van der Waals surface area (Å²) in [5.41, 5.74) is -2.80. The van der Waals surface area contributed by atoms with E-state index in [-0.39, 0.29) is 102 Å². The largest absolute Gasteiger partial charge is 0.459 e. The number of esters is 6. The maximum absolute atomic E-state index is 12.4. The van der Waals surface area contributed by atoms with Gasteiger partial charge in [0.05, 0.1) is 33.0 Å². The van der Waals surface area contributed by atoms with Gasteiger partial charge in [-0.3, -0.25) is 28.8 Å². The summed E-state index contributed by atoms with van der Waals surface area (Å²) in [4.78, 5) is 72.7. The summed E-state index contributed by atoms with van der Waals surface area (Å²) in [6, 6.07) is 0. The molecule has 6 saturated carbocycles. The van der Waals surface area contributed by atoms with E-state index in [0.29, 0.717) is 0 Å². The lowest BCUT2D eigenvalue weighted by atomic mass is 9.87. The first-order chi connectivity index (χ1) is 47.7. The Balaban J connectivity index is 0.000000615. The lowest BCUT2D eigenvalue weighted by molar-refractivity contribution is -0.173. The summed E-state index contributed by atoms with van der Waals surface area (Å²) in [6.07, 6.45) is 56.0. The van der Waals surface area contributed by atoms with Crippen molar-refractivity contribution in [2.75, 3.05) is 0 Å². The molecule has 600 valence electrons. The zero-order valence-corrected chi connectivity index (χ0v) is 71.6. The molecule has 6 aliphatic rings. The topological polar surface area (TPSA) is 158 Å². The van der Waals surface area contributed by atoms with E-state index in [4.69, 9.17) is 28.4 Å². The van der Waals surface area contributed by atoms with Crippen molar-refractivity contribution in [1.29, 1.82) is 0 Å². The standard InChI is InChI=1S/C19H36O2.C17H32O2.C15H28O2.C14H26O2.C13H24O2.C12H22O2/c1-5-18(2,3)17(20)21-19(4)15-13-11-9-7-6-8-10-12-14-16-19;1-5-16(2,3)15(18)19-17(4)13-11-9-7-6-8-10-12-14-17;1-5-14(3,4)13(16)17-15(6-2)11-9-7-8-10-12-15;1-4-12(3)13(15)16-14(5-2)10-8-6-7-9-11-14;1-5-12(3,4)11(14)15-13(6-2)9-7-8-10-13;1-5-11(2,3)10(13)14-12(4)8-6-7-9-12/h5-16H2,1-4H3;5-14H2,1-4H3;5-12H2,1-4H3;12H,4-11H2,1-3H3;5-10H2,1-4H3;5-9H2,1-4H3. The van der Waals surface area contributed by atoms with Crippen LogP contribution in [0.1, 0.15) is 474 Å². The van der Waals surface area contributed by atoms with Crippen LogP contribution in [0.25, 0.3) is 0 Å². The van der Waals surface area contributed by atoms with Crippen molar-refractivity contribution in [3.05, 3.63) is 0 Å². The Morgan fingerprint density at radius 2 is 0.412 bits per heavy atom. The fourth-order valence-electron chi connectivity index (χ4n) is 14.1. The molecule has 0 bridgehead atoms. The van der Waals surface area contributed by atoms with Gasteiger partial charge >= 0.3 is 35.8 Å². The zero-order chi connectivity index (χ0) is 77.4. The molecule has 0 radical (unpaired) electrons. The molecule has 6 aliphatic carbocycles. The van der Waals surface area contributed by atoms with Gasteiger partial charge < -0.3 is 28.4 Å². The summed E-state index contributed by atoms with van der Waals surface area (Å²) < 4.78 is 35.1. The fraction of sp³-hybridized carbons (Fsp3) is 0.933. The van der Waals surface area contributed by atoms with Gasteiger partial charge in [-0.15, -0.1) is 0 Å². The molecule has 6 fully saturated rings. The third-order valence-electron chi connectivity index (χ3n) is 25.6. The van der Waals surface area contributed by atoms with Crippen LogP contribution < -0.4 is 0 Å². The molecule has 0 N–H and O–H groups in total. The molecule has 1 unspecified atom stereocenters. The number of hydrogen-bond acceptors (Lipinski definition) is 12. The van der Waals surface area contributed by atoms with E-state index in [1.54, 1.807) is 0 Å². The predicted octanol–water partition coefficient (Wildman–Crippen LogP) is 26.8. The Kier molecular flexibility index (Phi) is 45.2. The van der Waals surface area contributed by atoms with Gasteiger partial charge in [0.25, 0.3) is 0 Å². The molecule has 12 heteroatoms. The van der Waals surface area contributed by atoms with Crippen LogP contribution in [0.5, 0.6) is 0 Å². The number of hydrogen-bond donors (Lipinski definition) is 0. The Hall–Kier alpha value is -3.18.